The van der Waals surface area contributed by atoms with Crippen LogP contribution >= 0.6 is 23.5 Å². The summed E-state index contributed by atoms with van der Waals surface area (Å²) >= 11 is 3.13. The fraction of sp³-hybridized carbons (Fsp3) is 0.500. The molecule has 29 heavy (non-hydrogen) atoms. The van der Waals surface area contributed by atoms with Gasteiger partial charge in [0.1, 0.15) is 11.5 Å². The Hall–Kier alpha value is -1.68. The number of fused-ring (bicyclic) bond motifs is 1. The van der Waals surface area contributed by atoms with Crippen molar-refractivity contribution in [2.45, 2.75) is 48.6 Å². The van der Waals surface area contributed by atoms with Gasteiger partial charge in [0.2, 0.25) is 5.60 Å². The highest BCUT2D eigenvalue weighted by atomic mass is 32.2. The molecule has 4 atom stereocenters. The molecule has 2 fully saturated rings. The van der Waals surface area contributed by atoms with Crippen LogP contribution in [0.25, 0.3) is 0 Å². The molecule has 4 rings (SSSR count). The van der Waals surface area contributed by atoms with E-state index >= 15 is 0 Å². The van der Waals surface area contributed by atoms with Crippen molar-refractivity contribution in [1.82, 2.24) is 9.80 Å². The number of aliphatic hydroxyl groups excluding tert-OH is 1. The minimum Gasteiger partial charge on any atom is -0.450 e. The van der Waals surface area contributed by atoms with E-state index in [0.717, 1.165) is 30.3 Å². The van der Waals surface area contributed by atoms with Gasteiger partial charge >= 0.3 is 6.16 Å². The second-order valence-corrected chi connectivity index (χ2v) is 10.2. The molecule has 0 spiro atoms. The molecule has 156 valence electrons. The average molecular weight is 437 g/mol. The number of thioether (sulfide) groups is 2. The number of ether oxygens (including phenoxy) is 1. The zero-order valence-electron chi connectivity index (χ0n) is 16.1. The summed E-state index contributed by atoms with van der Waals surface area (Å²) in [6.45, 7) is 4.62. The highest BCUT2D eigenvalue weighted by molar-refractivity contribution is 8.23. The number of rotatable bonds is 7. The molecule has 3 aliphatic heterocycles. The van der Waals surface area contributed by atoms with Crippen molar-refractivity contribution in [3.05, 3.63) is 46.3 Å². The van der Waals surface area contributed by atoms with E-state index < -0.39 is 29.1 Å². The number of aliphatic hydroxyl groups is 1. The summed E-state index contributed by atoms with van der Waals surface area (Å²) < 4.78 is 5.92. The summed E-state index contributed by atoms with van der Waals surface area (Å²) in [5.41, 5.74) is -0.412. The number of nitrogens with zero attached hydrogens (tertiary/aromatic N) is 2. The first kappa shape index (κ1) is 20.6. The first-order chi connectivity index (χ1) is 13.9. The molecule has 2 N–H and O–H groups in total. The lowest BCUT2D eigenvalue weighted by Crippen LogP contribution is -2.75. The molecule has 3 aliphatic rings. The van der Waals surface area contributed by atoms with Gasteiger partial charge in [0.05, 0.1) is 4.24 Å². The van der Waals surface area contributed by atoms with Crippen LogP contribution in [0.3, 0.4) is 0 Å². The summed E-state index contributed by atoms with van der Waals surface area (Å²) in [6.07, 6.45) is 0.366. The number of hydrogen-bond donors (Lipinski definition) is 2. The molecule has 9 heteroatoms. The van der Waals surface area contributed by atoms with Gasteiger partial charge in [0.25, 0.3) is 5.91 Å². The van der Waals surface area contributed by atoms with Gasteiger partial charge in [-0.1, -0.05) is 49.0 Å². The van der Waals surface area contributed by atoms with E-state index in [1.807, 2.05) is 6.07 Å². The third-order valence-electron chi connectivity index (χ3n) is 5.56. The van der Waals surface area contributed by atoms with Gasteiger partial charge in [-0.3, -0.25) is 14.6 Å². The van der Waals surface area contributed by atoms with Crippen LogP contribution in [0.5, 0.6) is 0 Å². The van der Waals surface area contributed by atoms with Crippen molar-refractivity contribution >= 4 is 35.6 Å². The quantitative estimate of drug-likeness (QED) is 0.498. The van der Waals surface area contributed by atoms with Gasteiger partial charge < -0.3 is 14.9 Å². The van der Waals surface area contributed by atoms with Crippen LogP contribution in [-0.2, 0) is 16.1 Å². The van der Waals surface area contributed by atoms with Crippen molar-refractivity contribution in [3.8, 4) is 0 Å². The Morgan fingerprint density at radius 2 is 2.17 bits per heavy atom. The predicted molar refractivity (Wildman–Crippen MR) is 112 cm³/mol. The standard InChI is InChI=1S/C20H24N2O5S2/c1-2-15(23)20(27-19(25)26)17(24)22-12-16(29-18(20)22)28-14-8-9-21(11-14)10-13-6-4-3-5-7-13/h3-7,12,14-15,18,23H,2,8-11H2,1H3,(H,25,26)/t14?,15-,18+,20+/m0/s1. The lowest BCUT2D eigenvalue weighted by Gasteiger charge is -2.51. The van der Waals surface area contributed by atoms with Crippen LogP contribution in [0.2, 0.25) is 0 Å². The summed E-state index contributed by atoms with van der Waals surface area (Å²) in [6, 6.07) is 10.4. The molecular formula is C20H24N2O5S2. The van der Waals surface area contributed by atoms with Crippen molar-refractivity contribution in [2.24, 2.45) is 0 Å². The molecule has 1 unspecified atom stereocenters. The van der Waals surface area contributed by atoms with E-state index in [0.29, 0.717) is 5.25 Å². The number of benzene rings is 1. The monoisotopic (exact) mass is 436 g/mol. The highest BCUT2D eigenvalue weighted by Crippen LogP contribution is 2.55. The number of carboxylic acid groups (broad SMARTS) is 1. The van der Waals surface area contributed by atoms with Gasteiger partial charge in [-0.05, 0) is 24.9 Å². The molecule has 7 nitrogen and oxygen atoms in total. The maximum absolute atomic E-state index is 12.6. The minimum atomic E-state index is -1.71. The van der Waals surface area contributed by atoms with Crippen molar-refractivity contribution < 1.29 is 24.5 Å². The number of β-lactam (4-membered cyclic amide) rings is 1. The summed E-state index contributed by atoms with van der Waals surface area (Å²) in [4.78, 5) is 27.7. The smallest absolute Gasteiger partial charge is 0.450 e. The zero-order chi connectivity index (χ0) is 20.6. The Balaban J connectivity index is 1.36. The number of carbonyl (C=O) groups excluding carboxylic acids is 1. The molecule has 1 aromatic carbocycles. The van der Waals surface area contributed by atoms with E-state index in [-0.39, 0.29) is 6.42 Å². The van der Waals surface area contributed by atoms with Gasteiger partial charge in [0, 0.05) is 24.5 Å². The van der Waals surface area contributed by atoms with E-state index in [1.165, 1.54) is 22.2 Å². The molecule has 0 radical (unpaired) electrons. The topological polar surface area (TPSA) is 90.3 Å². The second kappa shape index (κ2) is 8.22. The van der Waals surface area contributed by atoms with Crippen molar-refractivity contribution in [1.29, 1.82) is 0 Å². The molecule has 0 aliphatic carbocycles. The second-order valence-electron chi connectivity index (χ2n) is 7.47. The maximum atomic E-state index is 12.6. The average Bonchev–Trinajstić information content (AvgIpc) is 3.31. The SMILES string of the molecule is CC[C@H](O)[C@@]1(OC(=O)O)C(=O)N2C=C(SC3CCN(Cc4ccccc4)C3)S[C@@H]21. The van der Waals surface area contributed by atoms with E-state index in [1.54, 1.807) is 24.9 Å². The van der Waals surface area contributed by atoms with Gasteiger partial charge in [-0.15, -0.1) is 11.8 Å². The molecule has 0 bridgehead atoms. The van der Waals surface area contributed by atoms with E-state index in [4.69, 9.17) is 9.84 Å². The molecule has 0 saturated carbocycles. The Kier molecular flexibility index (Phi) is 5.83. The lowest BCUT2D eigenvalue weighted by atomic mass is 9.85. The van der Waals surface area contributed by atoms with Crippen LogP contribution < -0.4 is 0 Å². The van der Waals surface area contributed by atoms with Gasteiger partial charge in [-0.25, -0.2) is 4.79 Å². The molecule has 2 saturated heterocycles. The van der Waals surface area contributed by atoms with Gasteiger partial charge in [0.15, 0.2) is 0 Å². The fourth-order valence-corrected chi connectivity index (χ4v) is 7.16. The number of amides is 1. The number of hydrogen-bond acceptors (Lipinski definition) is 7. The van der Waals surface area contributed by atoms with Crippen molar-refractivity contribution in [2.75, 3.05) is 13.1 Å². The lowest BCUT2D eigenvalue weighted by molar-refractivity contribution is -0.196. The van der Waals surface area contributed by atoms with Crippen molar-refractivity contribution in [3.63, 3.8) is 0 Å². The third-order valence-corrected chi connectivity index (χ3v) is 8.33. The largest absolute Gasteiger partial charge is 0.507 e. The summed E-state index contributed by atoms with van der Waals surface area (Å²) in [5.74, 6) is -0.487. The van der Waals surface area contributed by atoms with Crippen LogP contribution in [0.1, 0.15) is 25.3 Å². The molecule has 0 aromatic heterocycles. The first-order valence-corrected chi connectivity index (χ1v) is 11.4. The third kappa shape index (κ3) is 3.76. The van der Waals surface area contributed by atoms with E-state index in [2.05, 4.69) is 29.2 Å². The predicted octanol–water partition coefficient (Wildman–Crippen LogP) is 2.91. The van der Waals surface area contributed by atoms with Crippen LogP contribution in [0.4, 0.5) is 4.79 Å². The normalized spacial score (nSPS) is 29.9. The molecule has 1 amide bonds. The Morgan fingerprint density at radius 1 is 1.41 bits per heavy atom. The summed E-state index contributed by atoms with van der Waals surface area (Å²) in [5, 5.41) is 19.3. The number of likely N-dealkylation sites (tertiary alicyclic amines) is 1. The molecule has 3 heterocycles. The van der Waals surface area contributed by atoms with Crippen LogP contribution in [0, 0.1) is 0 Å². The van der Waals surface area contributed by atoms with Crippen LogP contribution in [-0.4, -0.2) is 67.5 Å². The van der Waals surface area contributed by atoms with Crippen LogP contribution in [0.15, 0.2) is 40.8 Å². The fourth-order valence-electron chi connectivity index (χ4n) is 4.10. The Morgan fingerprint density at radius 3 is 2.86 bits per heavy atom. The number of carbonyl (C=O) groups is 2. The highest BCUT2D eigenvalue weighted by Gasteiger charge is 2.69. The zero-order valence-corrected chi connectivity index (χ0v) is 17.7. The minimum absolute atomic E-state index is 0.240. The Labute approximate surface area is 178 Å². The first-order valence-electron chi connectivity index (χ1n) is 9.68. The Bertz CT molecular complexity index is 820. The maximum Gasteiger partial charge on any atom is 0.507 e. The molecule has 1 aromatic rings. The molecular weight excluding hydrogens is 412 g/mol. The summed E-state index contributed by atoms with van der Waals surface area (Å²) in [7, 11) is 0. The van der Waals surface area contributed by atoms with Gasteiger partial charge in [-0.2, -0.15) is 0 Å². The van der Waals surface area contributed by atoms with E-state index in [9.17, 15) is 14.7 Å².